The molecule has 0 aliphatic heterocycles. The van der Waals surface area contributed by atoms with Crippen LogP contribution in [0.2, 0.25) is 0 Å². The number of aromatic hydroxyl groups is 1. The van der Waals surface area contributed by atoms with Crippen LogP contribution in [0.25, 0.3) is 0 Å². The molecule has 0 heterocycles. The topological polar surface area (TPSA) is 70.6 Å². The number of aryl methyl sites for hydroxylation is 1. The van der Waals surface area contributed by atoms with Crippen LogP contribution < -0.4 is 15.4 Å². The van der Waals surface area contributed by atoms with Crippen molar-refractivity contribution in [3.05, 3.63) is 53.6 Å². The predicted molar refractivity (Wildman–Crippen MR) is 108 cm³/mol. The average Bonchev–Trinajstić information content (AvgIpc) is 2.62. The van der Waals surface area contributed by atoms with E-state index in [1.807, 2.05) is 31.2 Å². The predicted octanol–water partition coefficient (Wildman–Crippen LogP) is 4.11. The Hall–Kier alpha value is -2.60. The molecule has 0 spiro atoms. The Kier molecular flexibility index (Phi) is 6.97. The number of phenols is 1. The molecule has 6 heteroatoms. The van der Waals surface area contributed by atoms with Crippen LogP contribution in [0.5, 0.6) is 11.5 Å². The summed E-state index contributed by atoms with van der Waals surface area (Å²) in [5.41, 5.74) is 2.67. The molecule has 1 unspecified atom stereocenters. The molecule has 0 radical (unpaired) electrons. The maximum Gasteiger partial charge on any atom is 0.264 e. The highest BCUT2D eigenvalue weighted by molar-refractivity contribution is 7.80. The number of rotatable bonds is 6. The van der Waals surface area contributed by atoms with Crippen LogP contribution in [-0.2, 0) is 4.79 Å². The van der Waals surface area contributed by atoms with Gasteiger partial charge in [0.15, 0.2) is 11.7 Å². The SMILES string of the molecule is CCC(C)c1ccc(O)c(NC(=S)NC(=O)COc2ccc(C)cc2)c1. The number of nitrogens with one attached hydrogen (secondary N) is 2. The smallest absolute Gasteiger partial charge is 0.264 e. The standard InChI is InChI=1S/C20H24N2O3S/c1-4-14(3)15-7-10-18(23)17(11-15)21-20(26)22-19(24)12-25-16-8-5-13(2)6-9-16/h5-11,14,23H,4,12H2,1-3H3,(H2,21,22,24,26). The van der Waals surface area contributed by atoms with Gasteiger partial charge in [-0.25, -0.2) is 0 Å². The molecule has 2 aromatic carbocycles. The quantitative estimate of drug-likeness (QED) is 0.526. The number of thiocarbonyl (C=S) groups is 1. The van der Waals surface area contributed by atoms with Crippen LogP contribution in [0.3, 0.4) is 0 Å². The minimum Gasteiger partial charge on any atom is -0.506 e. The van der Waals surface area contributed by atoms with Crippen LogP contribution in [0.4, 0.5) is 5.69 Å². The first-order valence-electron chi connectivity index (χ1n) is 8.52. The van der Waals surface area contributed by atoms with E-state index >= 15 is 0 Å². The van der Waals surface area contributed by atoms with Gasteiger partial charge in [0.2, 0.25) is 0 Å². The zero-order chi connectivity index (χ0) is 19.1. The molecule has 0 aliphatic rings. The van der Waals surface area contributed by atoms with Gasteiger partial charge in [0, 0.05) is 0 Å². The van der Waals surface area contributed by atoms with Crippen molar-refractivity contribution in [1.29, 1.82) is 0 Å². The number of ether oxygens (including phenoxy) is 1. The van der Waals surface area contributed by atoms with Crippen molar-refractivity contribution in [1.82, 2.24) is 5.32 Å². The molecule has 0 saturated heterocycles. The van der Waals surface area contributed by atoms with Crippen molar-refractivity contribution >= 4 is 28.9 Å². The molecule has 0 aliphatic carbocycles. The summed E-state index contributed by atoms with van der Waals surface area (Å²) in [4.78, 5) is 12.0. The van der Waals surface area contributed by atoms with Crippen LogP contribution >= 0.6 is 12.2 Å². The van der Waals surface area contributed by atoms with Crippen molar-refractivity contribution in [3.63, 3.8) is 0 Å². The van der Waals surface area contributed by atoms with Gasteiger partial charge in [-0.1, -0.05) is 37.6 Å². The monoisotopic (exact) mass is 372 g/mol. The van der Waals surface area contributed by atoms with E-state index in [2.05, 4.69) is 24.5 Å². The third-order valence-corrected chi connectivity index (χ3v) is 4.30. The average molecular weight is 372 g/mol. The molecule has 5 nitrogen and oxygen atoms in total. The van der Waals surface area contributed by atoms with Crippen LogP contribution in [0.1, 0.15) is 37.3 Å². The van der Waals surface area contributed by atoms with E-state index in [1.165, 1.54) is 0 Å². The van der Waals surface area contributed by atoms with E-state index in [1.54, 1.807) is 18.2 Å². The zero-order valence-electron chi connectivity index (χ0n) is 15.2. The summed E-state index contributed by atoms with van der Waals surface area (Å²) >= 11 is 5.15. The molecule has 0 bridgehead atoms. The van der Waals surface area contributed by atoms with Gasteiger partial charge in [-0.05, 0) is 61.3 Å². The molecule has 138 valence electrons. The number of amides is 1. The fourth-order valence-electron chi connectivity index (χ4n) is 2.30. The van der Waals surface area contributed by atoms with Gasteiger partial charge in [0.05, 0.1) is 5.69 Å². The summed E-state index contributed by atoms with van der Waals surface area (Å²) in [5.74, 6) is 0.677. The second-order valence-electron chi connectivity index (χ2n) is 6.19. The largest absolute Gasteiger partial charge is 0.506 e. The molecule has 26 heavy (non-hydrogen) atoms. The molecule has 0 saturated carbocycles. The highest BCUT2D eigenvalue weighted by atomic mass is 32.1. The van der Waals surface area contributed by atoms with Crippen molar-refractivity contribution in [3.8, 4) is 11.5 Å². The number of hydrogen-bond acceptors (Lipinski definition) is 4. The molecule has 0 aromatic heterocycles. The second-order valence-corrected chi connectivity index (χ2v) is 6.60. The Morgan fingerprint density at radius 3 is 2.58 bits per heavy atom. The Balaban J connectivity index is 1.89. The lowest BCUT2D eigenvalue weighted by Gasteiger charge is -2.15. The third kappa shape index (κ3) is 5.74. The summed E-state index contributed by atoms with van der Waals surface area (Å²) in [6.07, 6.45) is 0.988. The summed E-state index contributed by atoms with van der Waals surface area (Å²) in [5, 5.41) is 15.5. The maximum atomic E-state index is 12.0. The lowest BCUT2D eigenvalue weighted by atomic mass is 9.98. The molecule has 2 rings (SSSR count). The highest BCUT2D eigenvalue weighted by Gasteiger charge is 2.11. The van der Waals surface area contributed by atoms with E-state index in [0.29, 0.717) is 17.4 Å². The van der Waals surface area contributed by atoms with E-state index in [4.69, 9.17) is 17.0 Å². The van der Waals surface area contributed by atoms with Gasteiger partial charge in [-0.3, -0.25) is 10.1 Å². The van der Waals surface area contributed by atoms with Crippen molar-refractivity contribution < 1.29 is 14.6 Å². The fourth-order valence-corrected chi connectivity index (χ4v) is 2.52. The second kappa shape index (κ2) is 9.20. The first-order chi connectivity index (χ1) is 12.4. The summed E-state index contributed by atoms with van der Waals surface area (Å²) in [6.45, 7) is 6.04. The Labute approximate surface area is 159 Å². The molecule has 1 amide bonds. The Bertz CT molecular complexity index is 775. The minimum absolute atomic E-state index is 0.0737. The Morgan fingerprint density at radius 1 is 1.23 bits per heavy atom. The van der Waals surface area contributed by atoms with Gasteiger partial charge in [0.1, 0.15) is 11.5 Å². The molecular weight excluding hydrogens is 348 g/mol. The van der Waals surface area contributed by atoms with Gasteiger partial charge in [-0.15, -0.1) is 0 Å². The normalized spacial score (nSPS) is 11.5. The lowest BCUT2D eigenvalue weighted by molar-refractivity contribution is -0.121. The van der Waals surface area contributed by atoms with E-state index in [-0.39, 0.29) is 23.4 Å². The summed E-state index contributed by atoms with van der Waals surface area (Å²) in [6, 6.07) is 12.8. The highest BCUT2D eigenvalue weighted by Crippen LogP contribution is 2.28. The summed E-state index contributed by atoms with van der Waals surface area (Å²) in [7, 11) is 0. The van der Waals surface area contributed by atoms with Gasteiger partial charge < -0.3 is 15.2 Å². The van der Waals surface area contributed by atoms with Gasteiger partial charge in [-0.2, -0.15) is 0 Å². The number of phenolic OH excluding ortho intramolecular Hbond substituents is 1. The van der Waals surface area contributed by atoms with E-state index in [9.17, 15) is 9.90 Å². The first kappa shape index (κ1) is 19.7. The molecule has 3 N–H and O–H groups in total. The lowest BCUT2D eigenvalue weighted by Crippen LogP contribution is -2.37. The van der Waals surface area contributed by atoms with Crippen LogP contribution in [0.15, 0.2) is 42.5 Å². The van der Waals surface area contributed by atoms with Crippen molar-refractivity contribution in [2.24, 2.45) is 0 Å². The molecule has 0 fully saturated rings. The first-order valence-corrected chi connectivity index (χ1v) is 8.93. The Morgan fingerprint density at radius 2 is 1.92 bits per heavy atom. The summed E-state index contributed by atoms with van der Waals surface area (Å²) < 4.78 is 5.41. The number of anilines is 1. The molecule has 1 atom stereocenters. The minimum atomic E-state index is -0.374. The maximum absolute atomic E-state index is 12.0. The van der Waals surface area contributed by atoms with Gasteiger partial charge >= 0.3 is 0 Å². The van der Waals surface area contributed by atoms with Crippen molar-refractivity contribution in [2.45, 2.75) is 33.1 Å². The third-order valence-electron chi connectivity index (χ3n) is 4.09. The number of benzene rings is 2. The molecule has 2 aromatic rings. The molecular formula is C20H24N2O3S. The van der Waals surface area contributed by atoms with Crippen molar-refractivity contribution in [2.75, 3.05) is 11.9 Å². The van der Waals surface area contributed by atoms with Gasteiger partial charge in [0.25, 0.3) is 5.91 Å². The van der Waals surface area contributed by atoms with E-state index < -0.39 is 0 Å². The van der Waals surface area contributed by atoms with E-state index in [0.717, 1.165) is 17.5 Å². The fraction of sp³-hybridized carbons (Fsp3) is 0.300. The zero-order valence-corrected chi connectivity index (χ0v) is 16.0. The van der Waals surface area contributed by atoms with Crippen LogP contribution in [-0.4, -0.2) is 22.7 Å². The van der Waals surface area contributed by atoms with Crippen LogP contribution in [0, 0.1) is 6.92 Å². The number of hydrogen-bond donors (Lipinski definition) is 3. The number of carbonyl (C=O) groups excluding carboxylic acids is 1. The number of carbonyl (C=O) groups is 1.